The summed E-state index contributed by atoms with van der Waals surface area (Å²) in [6, 6.07) is 22.1. The molecular formula is C39H48F4N6O6. The summed E-state index contributed by atoms with van der Waals surface area (Å²) in [5, 5.41) is 13.9. The van der Waals surface area contributed by atoms with E-state index < -0.39 is 79.3 Å². The van der Waals surface area contributed by atoms with Gasteiger partial charge in [0.2, 0.25) is 5.91 Å². The Morgan fingerprint density at radius 2 is 1.20 bits per heavy atom. The molecule has 0 spiro atoms. The van der Waals surface area contributed by atoms with Crippen molar-refractivity contribution in [1.29, 1.82) is 0 Å². The number of likely N-dealkylation sites (tertiary alicyclic amines) is 2. The van der Waals surface area contributed by atoms with Crippen molar-refractivity contribution in [2.45, 2.75) is 103 Å². The average molecular weight is 773 g/mol. The van der Waals surface area contributed by atoms with E-state index in [-0.39, 0.29) is 0 Å². The largest absolute Gasteiger partial charge is 0.444 e. The molecule has 0 saturated carbocycles. The zero-order chi connectivity index (χ0) is 40.3. The lowest BCUT2D eigenvalue weighted by Gasteiger charge is -2.32. The first-order chi connectivity index (χ1) is 25.6. The minimum absolute atomic E-state index is 0.371. The van der Waals surface area contributed by atoms with Crippen LogP contribution < -0.4 is 15.6 Å². The first kappa shape index (κ1) is 41.1. The van der Waals surface area contributed by atoms with E-state index >= 15 is 0 Å². The van der Waals surface area contributed by atoms with Gasteiger partial charge in [0.05, 0.1) is 25.2 Å². The lowest BCUT2D eigenvalue weighted by atomic mass is 10.1. The Labute approximate surface area is 317 Å². The number of hydroxylamine groups is 1. The van der Waals surface area contributed by atoms with Gasteiger partial charge in [-0.25, -0.2) is 27.2 Å². The number of nitrogens with zero attached hydrogens (tertiary/aromatic N) is 4. The minimum Gasteiger partial charge on any atom is -0.444 e. The molecule has 298 valence electrons. The Balaban J connectivity index is 1.23. The van der Waals surface area contributed by atoms with E-state index in [9.17, 15) is 37.2 Å². The molecular weight excluding hydrogens is 724 g/mol. The Kier molecular flexibility index (Phi) is 11.9. The lowest BCUT2D eigenvalue weighted by molar-refractivity contribution is -0.140. The smallest absolute Gasteiger partial charge is 0.411 e. The number of carbonyl (C=O) groups excluding carboxylic acids is 3. The van der Waals surface area contributed by atoms with Crippen LogP contribution in [0.4, 0.5) is 44.2 Å². The van der Waals surface area contributed by atoms with Gasteiger partial charge in [-0.15, -0.1) is 0 Å². The highest BCUT2D eigenvalue weighted by molar-refractivity contribution is 5.97. The van der Waals surface area contributed by atoms with Crippen LogP contribution in [0.15, 0.2) is 78.9 Å². The molecule has 2 saturated heterocycles. The maximum Gasteiger partial charge on any atom is 0.411 e. The van der Waals surface area contributed by atoms with Crippen LogP contribution >= 0.6 is 0 Å². The number of halogens is 4. The summed E-state index contributed by atoms with van der Waals surface area (Å²) >= 11 is 0. The topological polar surface area (TPSA) is 127 Å². The Morgan fingerprint density at radius 3 is 1.73 bits per heavy atom. The van der Waals surface area contributed by atoms with E-state index in [0.717, 1.165) is 26.6 Å². The molecule has 5 rings (SSSR count). The van der Waals surface area contributed by atoms with Gasteiger partial charge < -0.3 is 19.7 Å². The lowest BCUT2D eigenvalue weighted by Crippen LogP contribution is -2.49. The zero-order valence-corrected chi connectivity index (χ0v) is 31.7. The van der Waals surface area contributed by atoms with Crippen LogP contribution in [0.25, 0.3) is 0 Å². The number of hydrazine groups is 1. The van der Waals surface area contributed by atoms with E-state index in [4.69, 9.17) is 9.47 Å². The standard InChI is InChI=1S/C39H48F4N6O6/c1-36(2,3)54-34(51)47-24-38(40,41)20-31(47)33(50)44-28-16-12-26(13-17-28)22-46(30-10-8-7-9-11-30)23-27-14-18-29(19-15-27)45-49(53)32-21-39(42,43)25-48(32)35(52)55-37(4,5)6/h7-19,31-32,45,53H,20-25H2,1-6H3,(H,44,50)/t31-,32+/m0/s1. The van der Waals surface area contributed by atoms with E-state index in [0.29, 0.717) is 29.6 Å². The van der Waals surface area contributed by atoms with Gasteiger partial charge in [-0.1, -0.05) is 47.6 Å². The van der Waals surface area contributed by atoms with Crippen molar-refractivity contribution < 1.29 is 46.6 Å². The molecule has 12 nitrogen and oxygen atoms in total. The predicted octanol–water partition coefficient (Wildman–Crippen LogP) is 8.10. The molecule has 2 fully saturated rings. The first-order valence-corrected chi connectivity index (χ1v) is 17.8. The second-order valence-electron chi connectivity index (χ2n) is 15.9. The van der Waals surface area contributed by atoms with Crippen LogP contribution in [0, 0.1) is 0 Å². The summed E-state index contributed by atoms with van der Waals surface area (Å²) in [7, 11) is 0. The normalized spacial score (nSPS) is 19.3. The van der Waals surface area contributed by atoms with Gasteiger partial charge in [-0.05, 0) is 89.1 Å². The maximum atomic E-state index is 14.4. The van der Waals surface area contributed by atoms with Crippen molar-refractivity contribution in [2.24, 2.45) is 0 Å². The van der Waals surface area contributed by atoms with Crippen LogP contribution in [-0.2, 0) is 27.4 Å². The second-order valence-corrected chi connectivity index (χ2v) is 15.9. The molecule has 3 N–H and O–H groups in total. The number of alkyl halides is 4. The fraction of sp³-hybridized carbons (Fsp3) is 0.462. The average Bonchev–Trinajstić information content (AvgIpc) is 3.60. The number of hydrogen-bond donors (Lipinski definition) is 3. The van der Waals surface area contributed by atoms with Gasteiger partial charge in [0.15, 0.2) is 0 Å². The molecule has 2 aliphatic heterocycles. The highest BCUT2D eigenvalue weighted by Crippen LogP contribution is 2.36. The molecule has 0 unspecified atom stereocenters. The third-order valence-corrected chi connectivity index (χ3v) is 8.64. The minimum atomic E-state index is -3.24. The Morgan fingerprint density at radius 1 is 0.727 bits per heavy atom. The van der Waals surface area contributed by atoms with Crippen LogP contribution in [0.5, 0.6) is 0 Å². The monoisotopic (exact) mass is 772 g/mol. The number of rotatable bonds is 10. The van der Waals surface area contributed by atoms with Gasteiger partial charge >= 0.3 is 12.2 Å². The molecule has 0 aliphatic carbocycles. The molecule has 3 amide bonds. The van der Waals surface area contributed by atoms with Gasteiger partial charge in [0, 0.05) is 30.9 Å². The van der Waals surface area contributed by atoms with Crippen molar-refractivity contribution in [2.75, 3.05) is 28.7 Å². The molecule has 55 heavy (non-hydrogen) atoms. The van der Waals surface area contributed by atoms with E-state index in [1.165, 1.54) is 0 Å². The highest BCUT2D eigenvalue weighted by atomic mass is 19.3. The number of benzene rings is 3. The summed E-state index contributed by atoms with van der Waals surface area (Å²) in [4.78, 5) is 42.1. The van der Waals surface area contributed by atoms with E-state index in [1.807, 2.05) is 42.5 Å². The third-order valence-electron chi connectivity index (χ3n) is 8.64. The van der Waals surface area contributed by atoms with Gasteiger partial charge in [0.1, 0.15) is 23.4 Å². The first-order valence-electron chi connectivity index (χ1n) is 17.8. The molecule has 3 aromatic rings. The SMILES string of the molecule is CC(C)(C)OC(=O)N1CC(F)(F)C[C@H]1C(=O)Nc1ccc(CN(Cc2ccc(NN(O)[C@@H]3CC(F)(F)CN3C(=O)OC(C)(C)C)cc2)c2ccccc2)cc1. The van der Waals surface area contributed by atoms with Crippen molar-refractivity contribution in [3.05, 3.63) is 90.0 Å². The number of ether oxygens (including phenoxy) is 2. The number of amides is 3. The second kappa shape index (κ2) is 15.9. The number of nitrogens with one attached hydrogen (secondary N) is 2. The predicted molar refractivity (Wildman–Crippen MR) is 198 cm³/mol. The Hall–Kier alpha value is -5.09. The number of hydrogen-bond acceptors (Lipinski definition) is 9. The molecule has 0 aromatic heterocycles. The summed E-state index contributed by atoms with van der Waals surface area (Å²) in [6.07, 6.45) is -4.93. The zero-order valence-electron chi connectivity index (χ0n) is 31.7. The van der Waals surface area contributed by atoms with Crippen LogP contribution in [-0.4, -0.2) is 86.6 Å². The van der Waals surface area contributed by atoms with Gasteiger partial charge in [-0.2, -0.15) is 0 Å². The van der Waals surface area contributed by atoms with Gasteiger partial charge in [0.25, 0.3) is 11.8 Å². The van der Waals surface area contributed by atoms with E-state index in [2.05, 4.69) is 15.6 Å². The molecule has 2 atom stereocenters. The summed E-state index contributed by atoms with van der Waals surface area (Å²) in [5.41, 5.74) is 4.29. The van der Waals surface area contributed by atoms with E-state index in [1.54, 1.807) is 77.9 Å². The Bertz CT molecular complexity index is 1800. The summed E-state index contributed by atoms with van der Waals surface area (Å²) in [6.45, 7) is 8.80. The van der Waals surface area contributed by atoms with Crippen LogP contribution in [0.1, 0.15) is 65.5 Å². The maximum absolute atomic E-state index is 14.4. The summed E-state index contributed by atoms with van der Waals surface area (Å²) in [5.74, 6) is -7.20. The van der Waals surface area contributed by atoms with Crippen molar-refractivity contribution >= 4 is 35.2 Å². The molecule has 2 aliphatic rings. The molecule has 16 heteroatoms. The van der Waals surface area contributed by atoms with Crippen molar-refractivity contribution in [3.63, 3.8) is 0 Å². The van der Waals surface area contributed by atoms with Crippen molar-refractivity contribution in [1.82, 2.24) is 15.0 Å². The fourth-order valence-corrected chi connectivity index (χ4v) is 6.21. The van der Waals surface area contributed by atoms with Crippen LogP contribution in [0.3, 0.4) is 0 Å². The quantitative estimate of drug-likeness (QED) is 0.138. The fourth-order valence-electron chi connectivity index (χ4n) is 6.21. The molecule has 0 bridgehead atoms. The molecule has 2 heterocycles. The highest BCUT2D eigenvalue weighted by Gasteiger charge is 2.52. The molecule has 3 aromatic carbocycles. The summed E-state index contributed by atoms with van der Waals surface area (Å²) < 4.78 is 68.0. The molecule has 0 radical (unpaired) electrons. The van der Waals surface area contributed by atoms with Crippen LogP contribution in [0.2, 0.25) is 0 Å². The number of para-hydroxylation sites is 1. The number of carbonyl (C=O) groups is 3. The van der Waals surface area contributed by atoms with Crippen molar-refractivity contribution in [3.8, 4) is 0 Å². The number of anilines is 3. The van der Waals surface area contributed by atoms with Gasteiger partial charge in [-0.3, -0.25) is 25.2 Å². The third kappa shape index (κ3) is 11.5.